The first-order valence-electron chi connectivity index (χ1n) is 6.20. The van der Waals surface area contributed by atoms with Crippen molar-refractivity contribution in [3.05, 3.63) is 65.2 Å². The fourth-order valence-corrected chi connectivity index (χ4v) is 2.04. The van der Waals surface area contributed by atoms with Crippen LogP contribution in [-0.4, -0.2) is 5.24 Å². The van der Waals surface area contributed by atoms with Gasteiger partial charge < -0.3 is 4.74 Å². The van der Waals surface area contributed by atoms with E-state index in [4.69, 9.17) is 16.3 Å². The van der Waals surface area contributed by atoms with E-state index in [9.17, 15) is 4.79 Å². The summed E-state index contributed by atoms with van der Waals surface area (Å²) in [7, 11) is 0. The third kappa shape index (κ3) is 3.58. The molecular weight excluding hydrogens is 260 g/mol. The highest BCUT2D eigenvalue weighted by molar-refractivity contribution is 6.67. The van der Waals surface area contributed by atoms with Crippen molar-refractivity contribution in [3.8, 4) is 5.75 Å². The van der Waals surface area contributed by atoms with Gasteiger partial charge in [0.05, 0.1) is 0 Å². The van der Waals surface area contributed by atoms with Crippen LogP contribution in [0.4, 0.5) is 0 Å². The fourth-order valence-electron chi connectivity index (χ4n) is 1.85. The summed E-state index contributed by atoms with van der Waals surface area (Å²) in [4.78, 5) is 11.3. The number of hydrogen-bond acceptors (Lipinski definition) is 2. The zero-order chi connectivity index (χ0) is 13.7. The maximum absolute atomic E-state index is 11.3. The van der Waals surface area contributed by atoms with Crippen molar-refractivity contribution in [2.45, 2.75) is 20.0 Å². The molecule has 0 radical (unpaired) electrons. The number of carbonyl (C=O) groups excluding carboxylic acids is 1. The van der Waals surface area contributed by atoms with Crippen LogP contribution in [0.15, 0.2) is 48.5 Å². The highest BCUT2D eigenvalue weighted by Crippen LogP contribution is 2.18. The molecule has 0 aromatic heterocycles. The number of hydrogen-bond donors (Lipinski definition) is 0. The van der Waals surface area contributed by atoms with Crippen LogP contribution in [0.2, 0.25) is 0 Å². The first kappa shape index (κ1) is 13.6. The molecule has 2 nitrogen and oxygen atoms in total. The van der Waals surface area contributed by atoms with Crippen LogP contribution in [0.1, 0.15) is 28.4 Å². The number of halogens is 1. The van der Waals surface area contributed by atoms with E-state index >= 15 is 0 Å². The minimum atomic E-state index is -0.457. The number of rotatable bonds is 5. The van der Waals surface area contributed by atoms with Crippen molar-refractivity contribution in [3.63, 3.8) is 0 Å². The molecule has 0 aliphatic heterocycles. The lowest BCUT2D eigenvalue weighted by molar-refractivity contribution is 0.107. The summed E-state index contributed by atoms with van der Waals surface area (Å²) in [5.41, 5.74) is 2.51. The molecule has 0 aliphatic rings. The van der Waals surface area contributed by atoms with Gasteiger partial charge in [0.25, 0.3) is 5.24 Å². The quantitative estimate of drug-likeness (QED) is 0.764. The summed E-state index contributed by atoms with van der Waals surface area (Å²) in [6.07, 6.45) is 0.966. The van der Waals surface area contributed by atoms with E-state index in [0.717, 1.165) is 17.7 Å². The molecule has 3 heteroatoms. The Kier molecular flexibility index (Phi) is 4.58. The maximum Gasteiger partial charge on any atom is 0.252 e. The topological polar surface area (TPSA) is 26.3 Å². The largest absolute Gasteiger partial charge is 0.489 e. The van der Waals surface area contributed by atoms with Crippen molar-refractivity contribution in [2.24, 2.45) is 0 Å². The second-order valence-corrected chi connectivity index (χ2v) is 4.56. The van der Waals surface area contributed by atoms with E-state index in [0.29, 0.717) is 12.2 Å². The summed E-state index contributed by atoms with van der Waals surface area (Å²) in [5.74, 6) is 0.802. The van der Waals surface area contributed by atoms with Crippen LogP contribution >= 0.6 is 11.6 Å². The molecule has 0 spiro atoms. The Labute approximate surface area is 118 Å². The maximum atomic E-state index is 11.3. The third-order valence-electron chi connectivity index (χ3n) is 2.93. The van der Waals surface area contributed by atoms with E-state index in [1.165, 1.54) is 5.56 Å². The van der Waals surface area contributed by atoms with Gasteiger partial charge in [-0.05, 0) is 41.8 Å². The van der Waals surface area contributed by atoms with Gasteiger partial charge in [-0.1, -0.05) is 37.3 Å². The van der Waals surface area contributed by atoms with Crippen molar-refractivity contribution >= 4 is 16.8 Å². The van der Waals surface area contributed by atoms with Gasteiger partial charge in [-0.25, -0.2) is 0 Å². The van der Waals surface area contributed by atoms with Crippen LogP contribution < -0.4 is 4.74 Å². The molecule has 0 bridgehead atoms. The molecule has 0 amide bonds. The van der Waals surface area contributed by atoms with E-state index in [1.54, 1.807) is 12.1 Å². The number of benzene rings is 2. The number of carbonyl (C=O) groups is 1. The van der Waals surface area contributed by atoms with Gasteiger partial charge in [0, 0.05) is 11.1 Å². The van der Waals surface area contributed by atoms with Gasteiger partial charge in [0.1, 0.15) is 12.4 Å². The smallest absolute Gasteiger partial charge is 0.252 e. The third-order valence-corrected chi connectivity index (χ3v) is 3.13. The molecule has 0 unspecified atom stereocenters. The van der Waals surface area contributed by atoms with Gasteiger partial charge in [-0.15, -0.1) is 0 Å². The molecule has 0 N–H and O–H groups in total. The van der Waals surface area contributed by atoms with Crippen LogP contribution in [0, 0.1) is 0 Å². The second kappa shape index (κ2) is 6.39. The molecule has 0 aliphatic carbocycles. The van der Waals surface area contributed by atoms with E-state index in [2.05, 4.69) is 13.0 Å². The Bertz CT molecular complexity index is 578. The molecule has 2 rings (SSSR count). The molecule has 0 fully saturated rings. The average molecular weight is 275 g/mol. The second-order valence-electron chi connectivity index (χ2n) is 4.22. The van der Waals surface area contributed by atoms with Gasteiger partial charge in [0.15, 0.2) is 0 Å². The monoisotopic (exact) mass is 274 g/mol. The Morgan fingerprint density at radius 3 is 2.68 bits per heavy atom. The van der Waals surface area contributed by atoms with Crippen LogP contribution in [0.25, 0.3) is 0 Å². The van der Waals surface area contributed by atoms with Crippen LogP contribution in [-0.2, 0) is 13.0 Å². The van der Waals surface area contributed by atoms with Crippen molar-refractivity contribution in [1.29, 1.82) is 0 Å². The Morgan fingerprint density at radius 1 is 1.16 bits per heavy atom. The zero-order valence-corrected chi connectivity index (χ0v) is 11.5. The first-order valence-corrected chi connectivity index (χ1v) is 6.58. The molecule has 0 saturated heterocycles. The Morgan fingerprint density at radius 2 is 1.95 bits per heavy atom. The molecule has 98 valence electrons. The minimum absolute atomic E-state index is 0.335. The average Bonchev–Trinajstić information content (AvgIpc) is 2.45. The van der Waals surface area contributed by atoms with Crippen LogP contribution in [0.5, 0.6) is 5.75 Å². The predicted octanol–water partition coefficient (Wildman–Crippen LogP) is 4.21. The number of aryl methyl sites for hydroxylation is 1. The molecule has 0 atom stereocenters. The lowest BCUT2D eigenvalue weighted by Gasteiger charge is -2.09. The standard InChI is InChI=1S/C16H15ClO2/c1-2-12-6-5-8-14(10-12)19-11-13-7-3-4-9-15(13)16(17)18/h3-10H,2,11H2,1H3. The lowest BCUT2D eigenvalue weighted by Crippen LogP contribution is -2.02. The Balaban J connectivity index is 2.12. The van der Waals surface area contributed by atoms with E-state index in [-0.39, 0.29) is 0 Å². The van der Waals surface area contributed by atoms with Crippen molar-refractivity contribution in [2.75, 3.05) is 0 Å². The van der Waals surface area contributed by atoms with E-state index < -0.39 is 5.24 Å². The minimum Gasteiger partial charge on any atom is -0.489 e. The predicted molar refractivity (Wildman–Crippen MR) is 76.8 cm³/mol. The van der Waals surface area contributed by atoms with Crippen LogP contribution in [0.3, 0.4) is 0 Å². The van der Waals surface area contributed by atoms with Gasteiger partial charge in [0.2, 0.25) is 0 Å². The lowest BCUT2D eigenvalue weighted by atomic mass is 10.1. The zero-order valence-electron chi connectivity index (χ0n) is 10.7. The Hall–Kier alpha value is -1.80. The molecular formula is C16H15ClO2. The molecule has 2 aromatic carbocycles. The normalized spacial score (nSPS) is 10.2. The van der Waals surface area contributed by atoms with Gasteiger partial charge in [-0.3, -0.25) is 4.79 Å². The summed E-state index contributed by atoms with van der Waals surface area (Å²) in [5, 5.41) is -0.457. The number of ether oxygens (including phenoxy) is 1. The van der Waals surface area contributed by atoms with Gasteiger partial charge in [-0.2, -0.15) is 0 Å². The highest BCUT2D eigenvalue weighted by Gasteiger charge is 2.08. The fraction of sp³-hybridized carbons (Fsp3) is 0.188. The first-order chi connectivity index (χ1) is 9.20. The van der Waals surface area contributed by atoms with E-state index in [1.807, 2.05) is 30.3 Å². The molecule has 2 aromatic rings. The summed E-state index contributed by atoms with van der Waals surface area (Å²) in [6, 6.07) is 15.1. The molecule has 0 saturated carbocycles. The van der Waals surface area contributed by atoms with Gasteiger partial charge >= 0.3 is 0 Å². The molecule has 0 heterocycles. The van der Waals surface area contributed by atoms with Crippen molar-refractivity contribution in [1.82, 2.24) is 0 Å². The summed E-state index contributed by atoms with van der Waals surface area (Å²) < 4.78 is 5.71. The SMILES string of the molecule is CCc1cccc(OCc2ccccc2C(=O)Cl)c1. The van der Waals surface area contributed by atoms with Crippen molar-refractivity contribution < 1.29 is 9.53 Å². The summed E-state index contributed by atoms with van der Waals surface area (Å²) in [6.45, 7) is 2.43. The molecule has 19 heavy (non-hydrogen) atoms. The highest BCUT2D eigenvalue weighted by atomic mass is 35.5. The summed E-state index contributed by atoms with van der Waals surface area (Å²) >= 11 is 5.54.